The summed E-state index contributed by atoms with van der Waals surface area (Å²) in [5.74, 6) is 0.569. The maximum Gasteiger partial charge on any atom is 0.491 e. The number of nitrogens with one attached hydrogen (secondary N) is 2. The summed E-state index contributed by atoms with van der Waals surface area (Å²) in [6.07, 6.45) is 2.18. The molecule has 0 aromatic heterocycles. The van der Waals surface area contributed by atoms with Gasteiger partial charge in [0.25, 0.3) is 0 Å². The Morgan fingerprint density at radius 1 is 1.52 bits per heavy atom. The number of anilines is 1. The summed E-state index contributed by atoms with van der Waals surface area (Å²) in [5, 5.41) is 15.2. The van der Waals surface area contributed by atoms with Crippen molar-refractivity contribution < 1.29 is 14.5 Å². The van der Waals surface area contributed by atoms with Crippen LogP contribution in [0.15, 0.2) is 30.2 Å². The van der Waals surface area contributed by atoms with Crippen molar-refractivity contribution in [3.8, 4) is 0 Å². The molecular formula is C14H24BN3O3. The number of hydrogen-bond acceptors (Lipinski definition) is 6. The molecule has 1 aromatic rings. The molecule has 0 unspecified atom stereocenters. The predicted octanol–water partition coefficient (Wildman–Crippen LogP) is 1.40. The number of nitrogens with two attached hydrogens (primary N) is 1. The summed E-state index contributed by atoms with van der Waals surface area (Å²) in [4.78, 5) is 5.17. The first-order valence-electron chi connectivity index (χ1n) is 6.80. The molecule has 1 heterocycles. The number of hydrogen-bond donors (Lipinski definition) is 4. The minimum absolute atomic E-state index is 0.548. The number of allylic oxidation sites excluding steroid dienone is 1. The van der Waals surface area contributed by atoms with Gasteiger partial charge in [0, 0.05) is 12.8 Å². The van der Waals surface area contributed by atoms with Gasteiger partial charge < -0.3 is 25.7 Å². The van der Waals surface area contributed by atoms with Crippen molar-refractivity contribution in [1.29, 1.82) is 5.41 Å². The van der Waals surface area contributed by atoms with E-state index in [0.717, 1.165) is 23.1 Å². The predicted molar refractivity (Wildman–Crippen MR) is 87.5 cm³/mol. The van der Waals surface area contributed by atoms with Crippen molar-refractivity contribution in [1.82, 2.24) is 0 Å². The van der Waals surface area contributed by atoms with Gasteiger partial charge in [-0.1, -0.05) is 19.9 Å². The van der Waals surface area contributed by atoms with Gasteiger partial charge in [-0.3, -0.25) is 0 Å². The van der Waals surface area contributed by atoms with E-state index < -0.39 is 7.12 Å². The molecule has 2 rings (SSSR count). The molecule has 1 aliphatic rings. The van der Waals surface area contributed by atoms with Crippen LogP contribution in [0.2, 0.25) is 0 Å². The zero-order chi connectivity index (χ0) is 16.3. The first kappa shape index (κ1) is 19.0. The molecule has 5 N–H and O–H groups in total. The second kappa shape index (κ2) is 10.8. The lowest BCUT2D eigenvalue weighted by atomic mass is 9.73. The first-order chi connectivity index (χ1) is 10.2. The van der Waals surface area contributed by atoms with Crippen LogP contribution in [-0.2, 0) is 15.9 Å². The van der Waals surface area contributed by atoms with Crippen LogP contribution in [0.5, 0.6) is 0 Å². The fraction of sp³-hybridized carbons (Fsp3) is 0.357. The summed E-state index contributed by atoms with van der Waals surface area (Å²) < 4.78 is 5.16. The SMILES string of the molecule is C/C(=C\N)ONc1ccc2c(c1)B(O)OCC2.C=N.CC. The van der Waals surface area contributed by atoms with Gasteiger partial charge in [0.2, 0.25) is 0 Å². The Morgan fingerprint density at radius 2 is 2.19 bits per heavy atom. The molecule has 0 atom stereocenters. The summed E-state index contributed by atoms with van der Waals surface area (Å²) in [7, 11) is -0.855. The van der Waals surface area contributed by atoms with Gasteiger partial charge in [-0.2, -0.15) is 0 Å². The highest BCUT2D eigenvalue weighted by Crippen LogP contribution is 2.13. The van der Waals surface area contributed by atoms with Crippen LogP contribution in [0.25, 0.3) is 0 Å². The van der Waals surface area contributed by atoms with Gasteiger partial charge in [0.1, 0.15) is 5.76 Å². The van der Waals surface area contributed by atoms with E-state index in [4.69, 9.17) is 20.6 Å². The van der Waals surface area contributed by atoms with Crippen LogP contribution in [-0.4, -0.2) is 25.5 Å². The van der Waals surface area contributed by atoms with E-state index in [1.54, 1.807) is 6.92 Å². The van der Waals surface area contributed by atoms with Crippen LogP contribution < -0.4 is 16.7 Å². The minimum Gasteiger partial charge on any atom is -0.423 e. The van der Waals surface area contributed by atoms with Gasteiger partial charge in [0.15, 0.2) is 0 Å². The van der Waals surface area contributed by atoms with Crippen molar-refractivity contribution in [2.24, 2.45) is 5.73 Å². The molecule has 6 nitrogen and oxygen atoms in total. The maximum atomic E-state index is 9.69. The van der Waals surface area contributed by atoms with Gasteiger partial charge in [-0.15, -0.1) is 0 Å². The van der Waals surface area contributed by atoms with E-state index in [1.165, 1.54) is 6.20 Å². The van der Waals surface area contributed by atoms with Crippen molar-refractivity contribution in [2.75, 3.05) is 12.1 Å². The molecule has 0 aliphatic carbocycles. The molecule has 0 fully saturated rings. The van der Waals surface area contributed by atoms with E-state index in [2.05, 4.69) is 12.2 Å². The van der Waals surface area contributed by atoms with Crippen LogP contribution >= 0.6 is 0 Å². The van der Waals surface area contributed by atoms with Gasteiger partial charge in [-0.25, -0.2) is 5.48 Å². The lowest BCUT2D eigenvalue weighted by Crippen LogP contribution is -2.41. The molecule has 0 radical (unpaired) electrons. The van der Waals surface area contributed by atoms with E-state index in [1.807, 2.05) is 32.0 Å². The maximum absolute atomic E-state index is 9.69. The molecule has 116 valence electrons. The molecular weight excluding hydrogens is 269 g/mol. The minimum atomic E-state index is -0.855. The molecule has 1 aliphatic heterocycles. The fourth-order valence-electron chi connectivity index (χ4n) is 1.66. The fourth-order valence-corrected chi connectivity index (χ4v) is 1.66. The summed E-state index contributed by atoms with van der Waals surface area (Å²) in [6, 6.07) is 5.65. The summed E-state index contributed by atoms with van der Waals surface area (Å²) in [6.45, 7) is 8.79. The second-order valence-corrected chi connectivity index (χ2v) is 3.87. The van der Waals surface area contributed by atoms with Crippen molar-refractivity contribution >= 4 is 25.0 Å². The van der Waals surface area contributed by atoms with Crippen LogP contribution in [0.4, 0.5) is 5.69 Å². The van der Waals surface area contributed by atoms with Crippen molar-refractivity contribution in [3.63, 3.8) is 0 Å². The summed E-state index contributed by atoms with van der Waals surface area (Å²) in [5.41, 5.74) is 10.7. The Balaban J connectivity index is 0.000000921. The number of rotatable bonds is 3. The molecule has 21 heavy (non-hydrogen) atoms. The van der Waals surface area contributed by atoms with E-state index in [9.17, 15) is 5.02 Å². The number of benzene rings is 1. The highest BCUT2D eigenvalue weighted by molar-refractivity contribution is 6.61. The van der Waals surface area contributed by atoms with Gasteiger partial charge >= 0.3 is 7.12 Å². The third kappa shape index (κ3) is 5.89. The van der Waals surface area contributed by atoms with Gasteiger partial charge in [-0.05, 0) is 43.2 Å². The second-order valence-electron chi connectivity index (χ2n) is 3.87. The molecule has 0 spiro atoms. The highest BCUT2D eigenvalue weighted by Gasteiger charge is 2.24. The van der Waals surface area contributed by atoms with Crippen LogP contribution in [0, 0.1) is 5.41 Å². The van der Waals surface area contributed by atoms with Gasteiger partial charge in [0.05, 0.1) is 5.69 Å². The van der Waals surface area contributed by atoms with E-state index in [0.29, 0.717) is 12.4 Å². The van der Waals surface area contributed by atoms with E-state index >= 15 is 0 Å². The van der Waals surface area contributed by atoms with Crippen LogP contribution in [0.1, 0.15) is 26.3 Å². The Hall–Kier alpha value is -1.99. The Kier molecular flexibility index (Phi) is 9.74. The third-order valence-corrected chi connectivity index (χ3v) is 2.62. The Bertz CT molecular complexity index is 455. The molecule has 1 aromatic carbocycles. The number of fused-ring (bicyclic) bond motifs is 1. The van der Waals surface area contributed by atoms with E-state index in [-0.39, 0.29) is 0 Å². The quantitative estimate of drug-likeness (QED) is 0.292. The van der Waals surface area contributed by atoms with Crippen LogP contribution in [0.3, 0.4) is 0 Å². The lowest BCUT2D eigenvalue weighted by molar-refractivity contribution is 0.266. The largest absolute Gasteiger partial charge is 0.491 e. The molecule has 0 bridgehead atoms. The van der Waals surface area contributed by atoms with Crippen molar-refractivity contribution in [2.45, 2.75) is 27.2 Å². The zero-order valence-electron chi connectivity index (χ0n) is 12.8. The monoisotopic (exact) mass is 293 g/mol. The average Bonchev–Trinajstić information content (AvgIpc) is 2.57. The normalized spacial score (nSPS) is 13.0. The topological polar surface area (TPSA) is 101 Å². The smallest absolute Gasteiger partial charge is 0.423 e. The average molecular weight is 293 g/mol. The zero-order valence-corrected chi connectivity index (χ0v) is 12.8. The molecule has 0 saturated heterocycles. The van der Waals surface area contributed by atoms with Crippen molar-refractivity contribution in [3.05, 3.63) is 35.7 Å². The molecule has 7 heteroatoms. The lowest BCUT2D eigenvalue weighted by Gasteiger charge is -2.20. The molecule has 0 saturated carbocycles. The Morgan fingerprint density at radius 3 is 2.81 bits per heavy atom. The standard InChI is InChI=1S/C11H15BN2O3.C2H6.CH3N/c1-8(7-13)17-14-10-3-2-9-4-5-16-12(15)11(9)6-10;2*1-2/h2-3,6-7,14-15H,4-5,13H2,1H3;1-2H3;2H,1H2/b8-7+;;. The third-order valence-electron chi connectivity index (χ3n) is 2.62. The molecule has 0 amide bonds. The summed E-state index contributed by atoms with van der Waals surface area (Å²) >= 11 is 0. The highest BCUT2D eigenvalue weighted by atomic mass is 16.6. The Labute approximate surface area is 126 Å². The first-order valence-corrected chi connectivity index (χ1v) is 6.80.